The van der Waals surface area contributed by atoms with Crippen molar-refractivity contribution in [2.45, 2.75) is 51.5 Å². The van der Waals surface area contributed by atoms with E-state index >= 15 is 0 Å². The lowest BCUT2D eigenvalue weighted by Crippen LogP contribution is -2.30. The number of benzene rings is 1. The van der Waals surface area contributed by atoms with Crippen LogP contribution in [0.3, 0.4) is 0 Å². The maximum atomic E-state index is 10.3. The van der Waals surface area contributed by atoms with Crippen molar-refractivity contribution in [2.75, 3.05) is 11.1 Å². The molecule has 0 bridgehead atoms. The Morgan fingerprint density at radius 2 is 2.04 bits per heavy atom. The predicted octanol–water partition coefficient (Wildman–Crippen LogP) is 4.29. The lowest BCUT2D eigenvalue weighted by molar-refractivity contribution is -0.126. The van der Waals surface area contributed by atoms with E-state index in [4.69, 9.17) is 10.5 Å². The van der Waals surface area contributed by atoms with Crippen molar-refractivity contribution in [3.05, 3.63) is 36.2 Å². The molecule has 2 aromatic heterocycles. The summed E-state index contributed by atoms with van der Waals surface area (Å²) in [6.45, 7) is 1.91. The third-order valence-electron chi connectivity index (χ3n) is 4.98. The van der Waals surface area contributed by atoms with Crippen molar-refractivity contribution in [1.82, 2.24) is 9.97 Å². The van der Waals surface area contributed by atoms with Crippen LogP contribution in [0.2, 0.25) is 0 Å². The summed E-state index contributed by atoms with van der Waals surface area (Å²) >= 11 is 1.47. The minimum atomic E-state index is -1.03. The standard InChI is InChI=1S/C20H24N4O2S/c1-12-17(24-20(25)26-15-5-3-2-4-6-15)9-14(11-22-12)13-7-8-16-18(10-13)27-19(21)23-16/h7-11,15,20,24-25H,2-6H2,1H3,(H2,21,23). The van der Waals surface area contributed by atoms with Gasteiger partial charge in [0.25, 0.3) is 0 Å². The molecule has 1 atom stereocenters. The topological polar surface area (TPSA) is 93.3 Å². The van der Waals surface area contributed by atoms with E-state index in [9.17, 15) is 5.11 Å². The highest BCUT2D eigenvalue weighted by atomic mass is 32.1. The van der Waals surface area contributed by atoms with E-state index < -0.39 is 6.41 Å². The third-order valence-corrected chi connectivity index (χ3v) is 5.83. The Hall–Kier alpha value is -2.22. The summed E-state index contributed by atoms with van der Waals surface area (Å²) in [5.74, 6) is 0. The summed E-state index contributed by atoms with van der Waals surface area (Å²) in [4.78, 5) is 8.77. The molecule has 7 heteroatoms. The van der Waals surface area contributed by atoms with Gasteiger partial charge in [0.15, 0.2) is 5.13 Å². The summed E-state index contributed by atoms with van der Waals surface area (Å²) in [6.07, 6.45) is 6.52. The van der Waals surface area contributed by atoms with Crippen LogP contribution in [0.15, 0.2) is 30.5 Å². The molecule has 1 aromatic carbocycles. The monoisotopic (exact) mass is 384 g/mol. The Bertz CT molecular complexity index is 937. The number of thiazole rings is 1. The minimum absolute atomic E-state index is 0.122. The second kappa shape index (κ2) is 7.80. The summed E-state index contributed by atoms with van der Waals surface area (Å²) in [6, 6.07) is 8.02. The molecule has 3 aromatic rings. The molecule has 0 spiro atoms. The van der Waals surface area contributed by atoms with Crippen LogP contribution in [0.25, 0.3) is 21.3 Å². The van der Waals surface area contributed by atoms with E-state index in [2.05, 4.69) is 21.4 Å². The number of aliphatic hydroxyl groups is 1. The van der Waals surface area contributed by atoms with Crippen LogP contribution in [-0.2, 0) is 4.74 Å². The lowest BCUT2D eigenvalue weighted by Gasteiger charge is -2.26. The molecule has 0 aliphatic heterocycles. The van der Waals surface area contributed by atoms with Crippen LogP contribution in [-0.4, -0.2) is 27.6 Å². The largest absolute Gasteiger partial charge is 0.375 e. The number of nitrogens with two attached hydrogens (primary N) is 1. The number of aliphatic hydroxyl groups excluding tert-OH is 1. The number of pyridine rings is 1. The van der Waals surface area contributed by atoms with Crippen molar-refractivity contribution in [2.24, 2.45) is 0 Å². The van der Waals surface area contributed by atoms with Crippen LogP contribution < -0.4 is 11.1 Å². The summed E-state index contributed by atoms with van der Waals surface area (Å²) in [5.41, 5.74) is 10.3. The molecule has 2 heterocycles. The number of nitrogen functional groups attached to an aromatic ring is 1. The first-order valence-corrected chi connectivity index (χ1v) is 10.1. The second-order valence-electron chi connectivity index (χ2n) is 6.98. The molecule has 1 aliphatic rings. The third kappa shape index (κ3) is 4.21. The molecule has 6 nitrogen and oxygen atoms in total. The highest BCUT2D eigenvalue weighted by Gasteiger charge is 2.18. The fourth-order valence-corrected chi connectivity index (χ4v) is 4.28. The first-order chi connectivity index (χ1) is 13.1. The molecule has 142 valence electrons. The van der Waals surface area contributed by atoms with Crippen molar-refractivity contribution in [3.63, 3.8) is 0 Å². The average Bonchev–Trinajstić information content (AvgIpc) is 3.03. The number of aryl methyl sites for hydroxylation is 1. The predicted molar refractivity (Wildman–Crippen MR) is 110 cm³/mol. The smallest absolute Gasteiger partial charge is 0.235 e. The zero-order valence-electron chi connectivity index (χ0n) is 15.3. The van der Waals surface area contributed by atoms with E-state index in [1.807, 2.05) is 31.3 Å². The van der Waals surface area contributed by atoms with Gasteiger partial charge in [-0.05, 0) is 43.5 Å². The van der Waals surface area contributed by atoms with Gasteiger partial charge in [0, 0.05) is 11.8 Å². The van der Waals surface area contributed by atoms with E-state index in [1.165, 1.54) is 17.8 Å². The van der Waals surface area contributed by atoms with E-state index in [0.717, 1.165) is 58.4 Å². The van der Waals surface area contributed by atoms with Crippen molar-refractivity contribution in [1.29, 1.82) is 0 Å². The van der Waals surface area contributed by atoms with Crippen LogP contribution in [0, 0.1) is 6.92 Å². The Balaban J connectivity index is 1.53. The Labute approximate surface area is 162 Å². The SMILES string of the molecule is Cc1ncc(-c2ccc3nc(N)sc3c2)cc1NC(O)OC1CCCCC1. The number of ether oxygens (including phenoxy) is 1. The molecule has 1 fully saturated rings. The quantitative estimate of drug-likeness (QED) is 0.568. The van der Waals surface area contributed by atoms with Gasteiger partial charge in [0.1, 0.15) is 0 Å². The molecule has 4 N–H and O–H groups in total. The number of fused-ring (bicyclic) bond motifs is 1. The molecule has 1 aliphatic carbocycles. The van der Waals surface area contributed by atoms with Crippen molar-refractivity contribution >= 4 is 32.4 Å². The van der Waals surface area contributed by atoms with Gasteiger partial charge in [-0.2, -0.15) is 0 Å². The minimum Gasteiger partial charge on any atom is -0.375 e. The Morgan fingerprint density at radius 1 is 1.22 bits per heavy atom. The number of nitrogens with zero attached hydrogens (tertiary/aromatic N) is 2. The number of rotatable bonds is 5. The number of hydrogen-bond donors (Lipinski definition) is 3. The van der Waals surface area contributed by atoms with Crippen LogP contribution in [0.4, 0.5) is 10.8 Å². The highest BCUT2D eigenvalue weighted by molar-refractivity contribution is 7.22. The van der Waals surface area contributed by atoms with Crippen LogP contribution >= 0.6 is 11.3 Å². The fourth-order valence-electron chi connectivity index (χ4n) is 3.51. The van der Waals surface area contributed by atoms with E-state index in [0.29, 0.717) is 5.13 Å². The number of hydrogen-bond acceptors (Lipinski definition) is 7. The zero-order valence-corrected chi connectivity index (χ0v) is 16.1. The van der Waals surface area contributed by atoms with Gasteiger partial charge in [-0.15, -0.1) is 0 Å². The second-order valence-corrected chi connectivity index (χ2v) is 8.05. The summed E-state index contributed by atoms with van der Waals surface area (Å²) in [7, 11) is 0. The number of nitrogens with one attached hydrogen (secondary N) is 1. The number of anilines is 2. The molecule has 0 radical (unpaired) electrons. The van der Waals surface area contributed by atoms with Crippen molar-refractivity contribution in [3.8, 4) is 11.1 Å². The molecule has 0 amide bonds. The molecule has 0 saturated heterocycles. The normalized spacial score (nSPS) is 16.5. The average molecular weight is 385 g/mol. The Kier molecular flexibility index (Phi) is 5.24. The van der Waals surface area contributed by atoms with Crippen LogP contribution in [0.1, 0.15) is 37.8 Å². The molecule has 1 unspecified atom stereocenters. The first-order valence-electron chi connectivity index (χ1n) is 9.31. The molecule has 1 saturated carbocycles. The number of aromatic nitrogens is 2. The molecule has 27 heavy (non-hydrogen) atoms. The summed E-state index contributed by atoms with van der Waals surface area (Å²) in [5, 5.41) is 13.9. The Morgan fingerprint density at radius 3 is 2.85 bits per heavy atom. The molecular formula is C20H24N4O2S. The van der Waals surface area contributed by atoms with Gasteiger partial charge in [0.2, 0.25) is 6.41 Å². The van der Waals surface area contributed by atoms with Crippen LogP contribution in [0.5, 0.6) is 0 Å². The summed E-state index contributed by atoms with van der Waals surface area (Å²) < 4.78 is 6.79. The van der Waals surface area contributed by atoms with Gasteiger partial charge in [-0.3, -0.25) is 4.98 Å². The fraction of sp³-hybridized carbons (Fsp3) is 0.400. The molecular weight excluding hydrogens is 360 g/mol. The highest BCUT2D eigenvalue weighted by Crippen LogP contribution is 2.31. The van der Waals surface area contributed by atoms with Gasteiger partial charge in [-0.25, -0.2) is 4.98 Å². The van der Waals surface area contributed by atoms with Gasteiger partial charge in [0.05, 0.1) is 27.7 Å². The maximum absolute atomic E-state index is 10.3. The van der Waals surface area contributed by atoms with E-state index in [-0.39, 0.29) is 6.10 Å². The van der Waals surface area contributed by atoms with Gasteiger partial charge < -0.3 is 20.9 Å². The van der Waals surface area contributed by atoms with Gasteiger partial charge >= 0.3 is 0 Å². The molecule has 4 rings (SSSR count). The van der Waals surface area contributed by atoms with Crippen molar-refractivity contribution < 1.29 is 9.84 Å². The maximum Gasteiger partial charge on any atom is 0.235 e. The van der Waals surface area contributed by atoms with E-state index in [1.54, 1.807) is 0 Å². The lowest BCUT2D eigenvalue weighted by atomic mass is 9.98. The zero-order chi connectivity index (χ0) is 18.8. The van der Waals surface area contributed by atoms with Gasteiger partial charge in [-0.1, -0.05) is 36.7 Å². The first kappa shape index (κ1) is 18.2.